The average molecular weight is 635 g/mol. The quantitative estimate of drug-likeness (QED) is 0.324. The summed E-state index contributed by atoms with van der Waals surface area (Å²) >= 11 is 0. The molecule has 2 fully saturated rings. The summed E-state index contributed by atoms with van der Waals surface area (Å²) in [7, 11) is 1.26. The molecular weight excluding hydrogens is 597 g/mol. The van der Waals surface area contributed by atoms with Gasteiger partial charge in [0, 0.05) is 43.3 Å². The Morgan fingerprint density at radius 3 is 2.38 bits per heavy atom. The van der Waals surface area contributed by atoms with Gasteiger partial charge in [0.15, 0.2) is 0 Å². The van der Waals surface area contributed by atoms with Gasteiger partial charge in [-0.05, 0) is 56.2 Å². The summed E-state index contributed by atoms with van der Waals surface area (Å²) in [4.78, 5) is 19.6. The maximum absolute atomic E-state index is 13.6. The number of amides is 1. The molecule has 6 nitrogen and oxygen atoms in total. The van der Waals surface area contributed by atoms with Gasteiger partial charge in [0.2, 0.25) is 0 Å². The summed E-state index contributed by atoms with van der Waals surface area (Å²) in [5.74, 6) is 5.60. The Labute approximate surface area is 257 Å². The summed E-state index contributed by atoms with van der Waals surface area (Å²) in [6.45, 7) is 8.89. The van der Waals surface area contributed by atoms with Crippen LogP contribution in [0, 0.1) is 17.7 Å². The van der Waals surface area contributed by atoms with Crippen LogP contribution < -0.4 is 4.74 Å². The fourth-order valence-electron chi connectivity index (χ4n) is 5.07. The second-order valence-corrected chi connectivity index (χ2v) is 10.8. The SMILES string of the molecule is COc1cc(C(=O)N2CCN(CC#CCN3CCOCC3(C)C)C[C@H]2Cc2ccc(F)cc2)cc(C(F)(F)F)c1.Cl.Cl. The number of nitrogens with zero attached hydrogens (tertiary/aromatic N) is 3. The van der Waals surface area contributed by atoms with E-state index in [2.05, 4.69) is 35.5 Å². The lowest BCUT2D eigenvalue weighted by Crippen LogP contribution is -2.56. The number of hydrogen-bond donors (Lipinski definition) is 0. The molecule has 42 heavy (non-hydrogen) atoms. The molecule has 0 bridgehead atoms. The van der Waals surface area contributed by atoms with Crippen molar-refractivity contribution in [1.29, 1.82) is 0 Å². The van der Waals surface area contributed by atoms with Crippen LogP contribution in [0.2, 0.25) is 0 Å². The molecule has 2 saturated heterocycles. The molecule has 4 rings (SSSR count). The molecule has 0 spiro atoms. The Bertz CT molecular complexity index is 1250. The lowest BCUT2D eigenvalue weighted by molar-refractivity contribution is -0.137. The highest BCUT2D eigenvalue weighted by Gasteiger charge is 2.35. The van der Waals surface area contributed by atoms with Crippen LogP contribution in [0.5, 0.6) is 5.75 Å². The van der Waals surface area contributed by atoms with Crippen molar-refractivity contribution in [1.82, 2.24) is 14.7 Å². The minimum absolute atomic E-state index is 0. The molecule has 2 aliphatic heterocycles. The van der Waals surface area contributed by atoms with E-state index >= 15 is 0 Å². The third-order valence-corrected chi connectivity index (χ3v) is 7.44. The standard InChI is InChI=1S/C30H35F4N3O3.2ClH/c1-29(2)21-40-15-14-36(29)11-5-4-10-35-12-13-37(26(20-35)16-22-6-8-25(31)9-7-22)28(38)23-17-24(30(32,33)34)19-27(18-23)39-3;;/h6-9,17-19,26H,10-16,20-21H2,1-3H3;2*1H/t26-;;/m1../s1. The van der Waals surface area contributed by atoms with Gasteiger partial charge in [-0.3, -0.25) is 14.6 Å². The number of alkyl halides is 3. The molecule has 0 N–H and O–H groups in total. The van der Waals surface area contributed by atoms with Gasteiger partial charge in [-0.1, -0.05) is 24.0 Å². The van der Waals surface area contributed by atoms with Crippen molar-refractivity contribution in [2.75, 3.05) is 59.6 Å². The highest BCUT2D eigenvalue weighted by atomic mass is 35.5. The van der Waals surface area contributed by atoms with Crippen molar-refractivity contribution < 1.29 is 31.8 Å². The smallest absolute Gasteiger partial charge is 0.416 e. The first-order chi connectivity index (χ1) is 19.0. The molecule has 0 radical (unpaired) electrons. The molecule has 2 aromatic carbocycles. The molecule has 0 aromatic heterocycles. The fraction of sp³-hybridized carbons (Fsp3) is 0.500. The minimum Gasteiger partial charge on any atom is -0.497 e. The van der Waals surface area contributed by atoms with Crippen LogP contribution in [0.4, 0.5) is 17.6 Å². The van der Waals surface area contributed by atoms with Gasteiger partial charge in [0.05, 0.1) is 39.0 Å². The Morgan fingerprint density at radius 2 is 1.74 bits per heavy atom. The molecule has 2 heterocycles. The molecular formula is C30H37Cl2F4N3O3. The summed E-state index contributed by atoms with van der Waals surface area (Å²) in [5.41, 5.74) is -0.279. The van der Waals surface area contributed by atoms with Crippen molar-refractivity contribution in [2.45, 2.75) is 38.0 Å². The maximum atomic E-state index is 13.6. The van der Waals surface area contributed by atoms with Crippen molar-refractivity contribution in [2.24, 2.45) is 0 Å². The third kappa shape index (κ3) is 9.22. The monoisotopic (exact) mass is 633 g/mol. The van der Waals surface area contributed by atoms with Crippen molar-refractivity contribution >= 4 is 30.7 Å². The van der Waals surface area contributed by atoms with Gasteiger partial charge in [-0.2, -0.15) is 13.2 Å². The molecule has 1 atom stereocenters. The number of carbonyl (C=O) groups excluding carboxylic acids is 1. The second kappa shape index (κ2) is 15.3. The van der Waals surface area contributed by atoms with E-state index in [1.807, 2.05) is 0 Å². The molecule has 0 unspecified atom stereocenters. The number of ether oxygens (including phenoxy) is 2. The van der Waals surface area contributed by atoms with E-state index in [4.69, 9.17) is 9.47 Å². The van der Waals surface area contributed by atoms with Gasteiger partial charge >= 0.3 is 6.18 Å². The first kappa shape index (κ1) is 35.6. The van der Waals surface area contributed by atoms with Crippen LogP contribution in [-0.4, -0.2) is 91.8 Å². The van der Waals surface area contributed by atoms with Crippen LogP contribution in [0.15, 0.2) is 42.5 Å². The van der Waals surface area contributed by atoms with Crippen LogP contribution in [0.1, 0.15) is 35.3 Å². The molecule has 2 aromatic rings. The number of hydrogen-bond acceptors (Lipinski definition) is 5. The zero-order valence-electron chi connectivity index (χ0n) is 23.9. The third-order valence-electron chi connectivity index (χ3n) is 7.44. The van der Waals surface area contributed by atoms with Gasteiger partial charge in [0.25, 0.3) is 5.91 Å². The van der Waals surface area contributed by atoms with E-state index in [1.54, 1.807) is 17.0 Å². The molecule has 0 aliphatic carbocycles. The number of methoxy groups -OCH3 is 1. The van der Waals surface area contributed by atoms with Gasteiger partial charge in [-0.25, -0.2) is 4.39 Å². The van der Waals surface area contributed by atoms with Crippen LogP contribution >= 0.6 is 24.8 Å². The first-order valence-electron chi connectivity index (χ1n) is 13.3. The first-order valence-corrected chi connectivity index (χ1v) is 13.3. The Balaban J connectivity index is 0.00000308. The van der Waals surface area contributed by atoms with Gasteiger partial charge < -0.3 is 14.4 Å². The van der Waals surface area contributed by atoms with E-state index in [9.17, 15) is 22.4 Å². The Hall–Kier alpha value is -2.55. The number of carbonyl (C=O) groups is 1. The average Bonchev–Trinajstić information content (AvgIpc) is 2.92. The lowest BCUT2D eigenvalue weighted by atomic mass is 10.00. The summed E-state index contributed by atoms with van der Waals surface area (Å²) in [5, 5.41) is 0. The number of halogens is 6. The van der Waals surface area contributed by atoms with E-state index in [0.717, 1.165) is 24.2 Å². The van der Waals surface area contributed by atoms with Crippen molar-refractivity contribution in [3.05, 3.63) is 65.0 Å². The zero-order chi connectivity index (χ0) is 28.9. The van der Waals surface area contributed by atoms with Crippen LogP contribution in [0.25, 0.3) is 0 Å². The predicted molar refractivity (Wildman–Crippen MR) is 158 cm³/mol. The topological polar surface area (TPSA) is 45.2 Å². The molecule has 12 heteroatoms. The molecule has 2 aliphatic rings. The predicted octanol–water partition coefficient (Wildman–Crippen LogP) is 5.18. The number of morpholine rings is 1. The van der Waals surface area contributed by atoms with E-state index in [-0.39, 0.29) is 53.5 Å². The number of benzene rings is 2. The second-order valence-electron chi connectivity index (χ2n) is 10.8. The summed E-state index contributed by atoms with van der Waals surface area (Å²) in [6, 6.07) is 8.77. The normalized spacial score (nSPS) is 19.1. The van der Waals surface area contributed by atoms with Gasteiger partial charge in [0.1, 0.15) is 11.6 Å². The molecule has 1 amide bonds. The lowest BCUT2D eigenvalue weighted by Gasteiger charge is -2.41. The van der Waals surface area contributed by atoms with Crippen LogP contribution in [-0.2, 0) is 17.3 Å². The Kier molecular flexibility index (Phi) is 12.9. The number of piperazine rings is 1. The fourth-order valence-corrected chi connectivity index (χ4v) is 5.07. The molecule has 232 valence electrons. The molecule has 0 saturated carbocycles. The highest BCUT2D eigenvalue weighted by molar-refractivity contribution is 5.95. The maximum Gasteiger partial charge on any atom is 0.416 e. The summed E-state index contributed by atoms with van der Waals surface area (Å²) in [6.07, 6.45) is -4.20. The van der Waals surface area contributed by atoms with E-state index < -0.39 is 17.6 Å². The van der Waals surface area contributed by atoms with E-state index in [1.165, 1.54) is 25.3 Å². The van der Waals surface area contributed by atoms with E-state index in [0.29, 0.717) is 52.4 Å². The van der Waals surface area contributed by atoms with Crippen molar-refractivity contribution in [3.63, 3.8) is 0 Å². The zero-order valence-corrected chi connectivity index (χ0v) is 25.5. The largest absolute Gasteiger partial charge is 0.497 e. The van der Waals surface area contributed by atoms with Gasteiger partial charge in [-0.15, -0.1) is 24.8 Å². The minimum atomic E-state index is -4.62. The summed E-state index contributed by atoms with van der Waals surface area (Å²) < 4.78 is 64.7. The number of rotatable bonds is 6. The van der Waals surface area contributed by atoms with Crippen molar-refractivity contribution in [3.8, 4) is 17.6 Å². The Morgan fingerprint density at radius 1 is 1.05 bits per heavy atom. The van der Waals surface area contributed by atoms with Crippen LogP contribution in [0.3, 0.4) is 0 Å². The highest BCUT2D eigenvalue weighted by Crippen LogP contribution is 2.33.